The molecule has 0 unspecified atom stereocenters. The standard InChI is InChI=1S/C17H20N2O/c1-19(2)12-17-16-5-3-4-14(15(16)8-11-20-17)13-6-9-18-10-7-13/h3-7,9-10,17H,8,11-12H2,1-2H3/t17-/m1/s1. The Bertz CT molecular complexity index is 581. The number of rotatable bonds is 3. The summed E-state index contributed by atoms with van der Waals surface area (Å²) in [5.74, 6) is 0. The molecule has 0 spiro atoms. The number of hydrogen-bond acceptors (Lipinski definition) is 3. The molecule has 3 rings (SSSR count). The van der Waals surface area contributed by atoms with E-state index >= 15 is 0 Å². The largest absolute Gasteiger partial charge is 0.372 e. The molecule has 104 valence electrons. The molecule has 0 fully saturated rings. The van der Waals surface area contributed by atoms with Gasteiger partial charge in [0.2, 0.25) is 0 Å². The summed E-state index contributed by atoms with van der Waals surface area (Å²) in [5, 5.41) is 0. The number of nitrogens with zero attached hydrogens (tertiary/aromatic N) is 2. The Morgan fingerprint density at radius 3 is 2.75 bits per heavy atom. The summed E-state index contributed by atoms with van der Waals surface area (Å²) in [7, 11) is 4.18. The first-order valence-electron chi connectivity index (χ1n) is 7.04. The predicted molar refractivity (Wildman–Crippen MR) is 80.6 cm³/mol. The molecule has 0 bridgehead atoms. The summed E-state index contributed by atoms with van der Waals surface area (Å²) < 4.78 is 5.95. The molecular weight excluding hydrogens is 248 g/mol. The van der Waals surface area contributed by atoms with Crippen molar-refractivity contribution in [3.8, 4) is 11.1 Å². The van der Waals surface area contributed by atoms with E-state index in [4.69, 9.17) is 4.74 Å². The number of aromatic nitrogens is 1. The van der Waals surface area contributed by atoms with Crippen LogP contribution in [0.4, 0.5) is 0 Å². The number of pyridine rings is 1. The molecule has 1 aliphatic rings. The van der Waals surface area contributed by atoms with Gasteiger partial charge in [-0.3, -0.25) is 4.98 Å². The minimum absolute atomic E-state index is 0.176. The van der Waals surface area contributed by atoms with Crippen LogP contribution in [-0.4, -0.2) is 37.1 Å². The van der Waals surface area contributed by atoms with E-state index in [1.54, 1.807) is 0 Å². The number of hydrogen-bond donors (Lipinski definition) is 0. The Balaban J connectivity index is 2.03. The van der Waals surface area contributed by atoms with Gasteiger partial charge >= 0.3 is 0 Å². The highest BCUT2D eigenvalue weighted by Gasteiger charge is 2.23. The van der Waals surface area contributed by atoms with E-state index in [1.165, 1.54) is 22.3 Å². The third-order valence-electron chi connectivity index (χ3n) is 3.75. The van der Waals surface area contributed by atoms with Gasteiger partial charge in [-0.15, -0.1) is 0 Å². The van der Waals surface area contributed by atoms with Crippen molar-refractivity contribution in [3.05, 3.63) is 53.9 Å². The van der Waals surface area contributed by atoms with E-state index in [-0.39, 0.29) is 6.10 Å². The summed E-state index contributed by atoms with van der Waals surface area (Å²) >= 11 is 0. The minimum atomic E-state index is 0.176. The lowest BCUT2D eigenvalue weighted by atomic mass is 9.90. The van der Waals surface area contributed by atoms with Gasteiger partial charge in [0, 0.05) is 18.9 Å². The molecule has 3 heteroatoms. The van der Waals surface area contributed by atoms with Crippen molar-refractivity contribution in [1.29, 1.82) is 0 Å². The number of fused-ring (bicyclic) bond motifs is 1. The first kappa shape index (κ1) is 13.3. The van der Waals surface area contributed by atoms with Gasteiger partial charge < -0.3 is 9.64 Å². The molecule has 2 heterocycles. The highest BCUT2D eigenvalue weighted by molar-refractivity contribution is 5.69. The second kappa shape index (κ2) is 5.73. The molecule has 1 aromatic carbocycles. The van der Waals surface area contributed by atoms with Crippen LogP contribution in [0.15, 0.2) is 42.7 Å². The van der Waals surface area contributed by atoms with Crippen LogP contribution in [0.3, 0.4) is 0 Å². The molecule has 2 aromatic rings. The lowest BCUT2D eigenvalue weighted by Gasteiger charge is -2.29. The molecule has 0 aliphatic carbocycles. The molecule has 20 heavy (non-hydrogen) atoms. The van der Waals surface area contributed by atoms with Gasteiger partial charge in [0.05, 0.1) is 12.7 Å². The molecule has 3 nitrogen and oxygen atoms in total. The van der Waals surface area contributed by atoms with Crippen molar-refractivity contribution in [1.82, 2.24) is 9.88 Å². The van der Waals surface area contributed by atoms with Crippen molar-refractivity contribution in [2.24, 2.45) is 0 Å². The maximum Gasteiger partial charge on any atom is 0.0954 e. The normalized spacial score (nSPS) is 18.1. The fraction of sp³-hybridized carbons (Fsp3) is 0.353. The first-order chi connectivity index (χ1) is 9.75. The van der Waals surface area contributed by atoms with Gasteiger partial charge in [0.25, 0.3) is 0 Å². The van der Waals surface area contributed by atoms with Gasteiger partial charge in [-0.1, -0.05) is 18.2 Å². The van der Waals surface area contributed by atoms with E-state index in [9.17, 15) is 0 Å². The van der Waals surface area contributed by atoms with E-state index in [2.05, 4.69) is 54.3 Å². The average Bonchev–Trinajstić information content (AvgIpc) is 2.47. The smallest absolute Gasteiger partial charge is 0.0954 e. The second-order valence-corrected chi connectivity index (χ2v) is 5.48. The van der Waals surface area contributed by atoms with Gasteiger partial charge in [0.1, 0.15) is 0 Å². The molecule has 0 saturated carbocycles. The highest BCUT2D eigenvalue weighted by atomic mass is 16.5. The molecule has 1 atom stereocenters. The lowest BCUT2D eigenvalue weighted by Crippen LogP contribution is -2.27. The Morgan fingerprint density at radius 2 is 2.00 bits per heavy atom. The van der Waals surface area contributed by atoms with Crippen LogP contribution in [-0.2, 0) is 11.2 Å². The van der Waals surface area contributed by atoms with Crippen molar-refractivity contribution in [2.45, 2.75) is 12.5 Å². The predicted octanol–water partition coefficient (Wildman–Crippen LogP) is 2.92. The summed E-state index contributed by atoms with van der Waals surface area (Å²) in [6.07, 6.45) is 4.87. The topological polar surface area (TPSA) is 25.4 Å². The van der Waals surface area contributed by atoms with Crippen LogP contribution in [0.1, 0.15) is 17.2 Å². The summed E-state index contributed by atoms with van der Waals surface area (Å²) in [5.41, 5.74) is 5.32. The Hall–Kier alpha value is -1.71. The number of likely N-dealkylation sites (N-methyl/N-ethyl adjacent to an activating group) is 1. The van der Waals surface area contributed by atoms with Crippen molar-refractivity contribution < 1.29 is 4.74 Å². The van der Waals surface area contributed by atoms with E-state index in [0.29, 0.717) is 0 Å². The third-order valence-corrected chi connectivity index (χ3v) is 3.75. The fourth-order valence-electron chi connectivity index (χ4n) is 2.86. The van der Waals surface area contributed by atoms with Crippen LogP contribution in [0.2, 0.25) is 0 Å². The fourth-order valence-corrected chi connectivity index (χ4v) is 2.86. The Kier molecular flexibility index (Phi) is 3.81. The number of benzene rings is 1. The Morgan fingerprint density at radius 1 is 1.20 bits per heavy atom. The maximum atomic E-state index is 5.95. The molecule has 0 saturated heterocycles. The van der Waals surface area contributed by atoms with Crippen LogP contribution in [0.5, 0.6) is 0 Å². The van der Waals surface area contributed by atoms with Crippen LogP contribution in [0.25, 0.3) is 11.1 Å². The van der Waals surface area contributed by atoms with Gasteiger partial charge in [0.15, 0.2) is 0 Å². The zero-order valence-corrected chi connectivity index (χ0v) is 12.0. The van der Waals surface area contributed by atoms with E-state index in [1.807, 2.05) is 12.4 Å². The quantitative estimate of drug-likeness (QED) is 0.856. The van der Waals surface area contributed by atoms with E-state index in [0.717, 1.165) is 19.6 Å². The molecular formula is C17H20N2O. The van der Waals surface area contributed by atoms with Gasteiger partial charge in [-0.25, -0.2) is 0 Å². The first-order valence-corrected chi connectivity index (χ1v) is 7.04. The molecule has 1 aromatic heterocycles. The Labute approximate surface area is 120 Å². The zero-order chi connectivity index (χ0) is 13.9. The molecule has 0 amide bonds. The summed E-state index contributed by atoms with van der Waals surface area (Å²) in [6, 6.07) is 10.7. The van der Waals surface area contributed by atoms with Gasteiger partial charge in [-0.2, -0.15) is 0 Å². The maximum absolute atomic E-state index is 5.95. The highest BCUT2D eigenvalue weighted by Crippen LogP contribution is 2.34. The van der Waals surface area contributed by atoms with Crippen molar-refractivity contribution >= 4 is 0 Å². The SMILES string of the molecule is CN(C)C[C@H]1OCCc2c(-c3ccncc3)cccc21. The van der Waals surface area contributed by atoms with Crippen molar-refractivity contribution in [3.63, 3.8) is 0 Å². The molecule has 0 N–H and O–H groups in total. The van der Waals surface area contributed by atoms with E-state index < -0.39 is 0 Å². The monoisotopic (exact) mass is 268 g/mol. The summed E-state index contributed by atoms with van der Waals surface area (Å²) in [6.45, 7) is 1.72. The zero-order valence-electron chi connectivity index (χ0n) is 12.0. The second-order valence-electron chi connectivity index (χ2n) is 5.48. The minimum Gasteiger partial charge on any atom is -0.372 e. The van der Waals surface area contributed by atoms with Crippen LogP contribution < -0.4 is 0 Å². The van der Waals surface area contributed by atoms with Crippen molar-refractivity contribution in [2.75, 3.05) is 27.2 Å². The molecule has 1 aliphatic heterocycles. The third kappa shape index (κ3) is 2.60. The van der Waals surface area contributed by atoms with Gasteiger partial charge in [-0.05, 0) is 54.9 Å². The lowest BCUT2D eigenvalue weighted by molar-refractivity contribution is 0.0256. The summed E-state index contributed by atoms with van der Waals surface area (Å²) in [4.78, 5) is 6.29. The van der Waals surface area contributed by atoms with Crippen LogP contribution in [0, 0.1) is 0 Å². The number of ether oxygens (including phenoxy) is 1. The average molecular weight is 268 g/mol. The molecule has 0 radical (unpaired) electrons. The van der Waals surface area contributed by atoms with Crippen LogP contribution >= 0.6 is 0 Å².